The molecule has 5 aromatic rings. The lowest BCUT2D eigenvalue weighted by Gasteiger charge is -2.18. The summed E-state index contributed by atoms with van der Waals surface area (Å²) in [5.74, 6) is 0. The fourth-order valence-electron chi connectivity index (χ4n) is 4.94. The van der Waals surface area contributed by atoms with Crippen molar-refractivity contribution in [2.24, 2.45) is 0 Å². The maximum atomic E-state index is 5.81. The highest BCUT2D eigenvalue weighted by molar-refractivity contribution is 6.65. The zero-order valence-electron chi connectivity index (χ0n) is 15.5. The molecular weight excluding hydrogens is 331 g/mol. The molecule has 27 heavy (non-hydrogen) atoms. The van der Waals surface area contributed by atoms with Gasteiger partial charge in [0.1, 0.15) is 0 Å². The molecule has 2 nitrogen and oxygen atoms in total. The summed E-state index contributed by atoms with van der Waals surface area (Å²) in [5, 5.41) is 10.6. The first-order valence-electron chi connectivity index (χ1n) is 9.56. The maximum absolute atomic E-state index is 5.81. The highest BCUT2D eigenvalue weighted by atomic mass is 16.6. The summed E-state index contributed by atoms with van der Waals surface area (Å²) < 4.78 is 11.6. The van der Waals surface area contributed by atoms with Gasteiger partial charge in [-0.2, -0.15) is 0 Å². The summed E-state index contributed by atoms with van der Waals surface area (Å²) in [7, 11) is -0.258. The van der Waals surface area contributed by atoms with Crippen molar-refractivity contribution < 1.29 is 9.31 Å². The molecule has 5 aromatic carbocycles. The Labute approximate surface area is 158 Å². The number of fused-ring (bicyclic) bond motifs is 2. The van der Waals surface area contributed by atoms with E-state index in [4.69, 9.17) is 9.31 Å². The van der Waals surface area contributed by atoms with E-state index < -0.39 is 0 Å². The van der Waals surface area contributed by atoms with Gasteiger partial charge < -0.3 is 9.31 Å². The summed E-state index contributed by atoms with van der Waals surface area (Å²) in [6.45, 7) is 5.75. The van der Waals surface area contributed by atoms with Crippen LogP contribution in [0.25, 0.3) is 43.1 Å². The molecule has 0 amide bonds. The Bertz CT molecular complexity index is 1290. The van der Waals surface area contributed by atoms with Gasteiger partial charge in [-0.1, -0.05) is 54.6 Å². The van der Waals surface area contributed by atoms with Gasteiger partial charge in [0.15, 0.2) is 0 Å². The van der Waals surface area contributed by atoms with Crippen molar-refractivity contribution in [1.82, 2.24) is 0 Å². The van der Waals surface area contributed by atoms with Gasteiger partial charge in [0.25, 0.3) is 0 Å². The van der Waals surface area contributed by atoms with Crippen molar-refractivity contribution in [3.63, 3.8) is 0 Å². The van der Waals surface area contributed by atoms with Crippen molar-refractivity contribution in [3.05, 3.63) is 65.7 Å². The average molecular weight is 350 g/mol. The zero-order valence-corrected chi connectivity index (χ0v) is 15.5. The standard InChI is InChI=1S/C24H19BO2/c1-14-6-8-18-16-4-3-5-20-21(25-26-12-13-27-25)11-10-17(23(16)20)19-9-7-15(2)22(14)24(18)19/h3-11H,12-13H2,1-2H3. The molecular formula is C24H19BO2. The average Bonchev–Trinajstić information content (AvgIpc) is 3.22. The van der Waals surface area contributed by atoms with E-state index in [1.807, 2.05) is 0 Å². The molecule has 1 aliphatic rings. The lowest BCUT2D eigenvalue weighted by molar-refractivity contribution is 0.365. The monoisotopic (exact) mass is 350 g/mol. The van der Waals surface area contributed by atoms with E-state index in [0.29, 0.717) is 13.2 Å². The molecule has 6 rings (SSSR count). The summed E-state index contributed by atoms with van der Waals surface area (Å²) in [4.78, 5) is 0. The van der Waals surface area contributed by atoms with Crippen molar-refractivity contribution in [2.75, 3.05) is 13.2 Å². The van der Waals surface area contributed by atoms with Gasteiger partial charge in [-0.05, 0) is 73.5 Å². The Morgan fingerprint density at radius 1 is 0.593 bits per heavy atom. The van der Waals surface area contributed by atoms with Gasteiger partial charge in [-0.25, -0.2) is 0 Å². The summed E-state index contributed by atoms with van der Waals surface area (Å²) >= 11 is 0. The molecule has 0 atom stereocenters. The van der Waals surface area contributed by atoms with Crippen LogP contribution in [0.5, 0.6) is 0 Å². The second-order valence-electron chi connectivity index (χ2n) is 7.61. The van der Waals surface area contributed by atoms with Crippen LogP contribution in [0.1, 0.15) is 11.1 Å². The molecule has 1 aliphatic heterocycles. The minimum Gasteiger partial charge on any atom is -0.405 e. The first kappa shape index (κ1) is 15.4. The molecule has 130 valence electrons. The second kappa shape index (κ2) is 5.45. The van der Waals surface area contributed by atoms with E-state index in [1.54, 1.807) is 0 Å². The number of hydrogen-bond donors (Lipinski definition) is 0. The normalized spacial score (nSPS) is 15.1. The van der Waals surface area contributed by atoms with Crippen LogP contribution in [0.2, 0.25) is 0 Å². The van der Waals surface area contributed by atoms with Crippen LogP contribution in [0.3, 0.4) is 0 Å². The molecule has 0 bridgehead atoms. The van der Waals surface area contributed by atoms with Gasteiger partial charge >= 0.3 is 7.12 Å². The van der Waals surface area contributed by atoms with Crippen molar-refractivity contribution in [2.45, 2.75) is 13.8 Å². The third kappa shape index (κ3) is 1.99. The van der Waals surface area contributed by atoms with Crippen LogP contribution in [-0.2, 0) is 9.31 Å². The van der Waals surface area contributed by atoms with E-state index in [9.17, 15) is 0 Å². The molecule has 0 aromatic heterocycles. The van der Waals surface area contributed by atoms with Gasteiger partial charge in [0, 0.05) is 0 Å². The predicted octanol–water partition coefficient (Wildman–Crippen LogP) is 5.10. The van der Waals surface area contributed by atoms with Crippen molar-refractivity contribution >= 4 is 55.7 Å². The van der Waals surface area contributed by atoms with E-state index in [2.05, 4.69) is 68.4 Å². The maximum Gasteiger partial charge on any atom is 0.494 e. The summed E-state index contributed by atoms with van der Waals surface area (Å²) in [6.07, 6.45) is 0. The fraction of sp³-hybridized carbons (Fsp3) is 0.167. The Kier molecular flexibility index (Phi) is 3.12. The largest absolute Gasteiger partial charge is 0.494 e. The molecule has 0 aliphatic carbocycles. The number of rotatable bonds is 1. The molecule has 0 unspecified atom stereocenters. The van der Waals surface area contributed by atoms with Gasteiger partial charge in [-0.15, -0.1) is 0 Å². The smallest absolute Gasteiger partial charge is 0.405 e. The third-order valence-corrected chi connectivity index (χ3v) is 6.11. The number of aryl methyl sites for hydroxylation is 2. The molecule has 0 radical (unpaired) electrons. The topological polar surface area (TPSA) is 18.5 Å². The molecule has 3 heteroatoms. The molecule has 0 N–H and O–H groups in total. The Morgan fingerprint density at radius 3 is 1.85 bits per heavy atom. The zero-order chi connectivity index (χ0) is 18.1. The van der Waals surface area contributed by atoms with Crippen LogP contribution >= 0.6 is 0 Å². The SMILES string of the molecule is Cc1ccc2c3cccc4c(B5OCCO5)ccc(c5ccc(C)c1c25)c43. The highest BCUT2D eigenvalue weighted by Gasteiger charge is 2.29. The highest BCUT2D eigenvalue weighted by Crippen LogP contribution is 2.41. The minimum absolute atomic E-state index is 0.258. The molecule has 1 saturated heterocycles. The number of hydrogen-bond acceptors (Lipinski definition) is 2. The van der Waals surface area contributed by atoms with Crippen LogP contribution in [-0.4, -0.2) is 20.3 Å². The van der Waals surface area contributed by atoms with Crippen LogP contribution < -0.4 is 5.46 Å². The van der Waals surface area contributed by atoms with Crippen LogP contribution in [0.15, 0.2) is 54.6 Å². The molecule has 0 spiro atoms. The van der Waals surface area contributed by atoms with Gasteiger partial charge in [0.05, 0.1) is 13.2 Å². The van der Waals surface area contributed by atoms with E-state index in [1.165, 1.54) is 54.2 Å². The minimum atomic E-state index is -0.258. The molecule has 1 fully saturated rings. The Hall–Kier alpha value is -2.62. The molecule has 1 heterocycles. The lowest BCUT2D eigenvalue weighted by atomic mass is 9.74. The second-order valence-corrected chi connectivity index (χ2v) is 7.61. The Balaban J connectivity index is 1.87. The fourth-order valence-corrected chi connectivity index (χ4v) is 4.94. The van der Waals surface area contributed by atoms with E-state index in [-0.39, 0.29) is 7.12 Å². The Morgan fingerprint density at radius 2 is 1.15 bits per heavy atom. The predicted molar refractivity (Wildman–Crippen MR) is 114 cm³/mol. The van der Waals surface area contributed by atoms with Crippen LogP contribution in [0, 0.1) is 13.8 Å². The van der Waals surface area contributed by atoms with Gasteiger partial charge in [-0.3, -0.25) is 0 Å². The number of benzene rings is 5. The molecule has 0 saturated carbocycles. The van der Waals surface area contributed by atoms with Crippen molar-refractivity contribution in [3.8, 4) is 0 Å². The third-order valence-electron chi connectivity index (χ3n) is 6.11. The van der Waals surface area contributed by atoms with Crippen LogP contribution in [0.4, 0.5) is 0 Å². The quantitative estimate of drug-likeness (QED) is 0.238. The lowest BCUT2D eigenvalue weighted by Crippen LogP contribution is -2.32. The van der Waals surface area contributed by atoms with E-state index >= 15 is 0 Å². The van der Waals surface area contributed by atoms with Gasteiger partial charge in [0.2, 0.25) is 0 Å². The summed E-state index contributed by atoms with van der Waals surface area (Å²) in [5.41, 5.74) is 3.81. The van der Waals surface area contributed by atoms with E-state index in [0.717, 1.165) is 5.46 Å². The van der Waals surface area contributed by atoms with Crippen molar-refractivity contribution in [1.29, 1.82) is 0 Å². The first-order valence-corrected chi connectivity index (χ1v) is 9.56. The first-order chi connectivity index (χ1) is 13.2. The summed E-state index contributed by atoms with van der Waals surface area (Å²) in [6, 6.07) is 20.1.